The molecule has 2 aliphatic heterocycles. The predicted molar refractivity (Wildman–Crippen MR) is 42.0 cm³/mol. The molecule has 0 radical (unpaired) electrons. The third-order valence-electron chi connectivity index (χ3n) is 3.68. The lowest BCUT2D eigenvalue weighted by Crippen LogP contribution is -2.87. The quantitative estimate of drug-likeness (QED) is 0.418. The highest BCUT2D eigenvalue weighted by Gasteiger charge is 2.74. The van der Waals surface area contributed by atoms with Crippen LogP contribution in [0, 0.1) is 32.1 Å². The molecule has 3 fully saturated rings. The zero-order chi connectivity index (χ0) is 10.0. The van der Waals surface area contributed by atoms with Crippen molar-refractivity contribution in [3.63, 3.8) is 0 Å². The fourth-order valence-corrected chi connectivity index (χ4v) is 2.90. The van der Waals surface area contributed by atoms with E-state index in [0.717, 1.165) is 10.0 Å². The molecule has 1 saturated carbocycles. The molecule has 0 aromatic heterocycles. The first-order valence-electron chi connectivity index (χ1n) is 4.43. The first-order valence-corrected chi connectivity index (χ1v) is 4.43. The second-order valence-electron chi connectivity index (χ2n) is 4.03. The summed E-state index contributed by atoms with van der Waals surface area (Å²) in [6, 6.07) is -0.428. The van der Waals surface area contributed by atoms with Crippen molar-refractivity contribution in [2.75, 3.05) is 13.1 Å². The minimum Gasteiger partial charge on any atom is -0.235 e. The van der Waals surface area contributed by atoms with Gasteiger partial charge in [0.25, 0.3) is 0 Å². The molecule has 0 aromatic carbocycles. The Labute approximate surface area is 78.3 Å². The SMILES string of the molecule is O=[N+]([O-])N1C[C@@H]2[C@H]3CN([N+](=O)[O-])[C@H]3[C@@H]21. The van der Waals surface area contributed by atoms with Crippen LogP contribution in [0.2, 0.25) is 0 Å². The van der Waals surface area contributed by atoms with Crippen molar-refractivity contribution in [2.24, 2.45) is 11.8 Å². The summed E-state index contributed by atoms with van der Waals surface area (Å²) in [5, 5.41) is 22.3. The summed E-state index contributed by atoms with van der Waals surface area (Å²) in [4.78, 5) is 20.9. The Hall–Kier alpha value is -1.60. The van der Waals surface area contributed by atoms with Gasteiger partial charge in [0.2, 0.25) is 0 Å². The summed E-state index contributed by atoms with van der Waals surface area (Å²) in [6.45, 7) is 0.925. The smallest absolute Gasteiger partial charge is 0.160 e. The number of hydrogen-bond acceptors (Lipinski definition) is 4. The summed E-state index contributed by atoms with van der Waals surface area (Å²) in [5.74, 6) is 0.642. The van der Waals surface area contributed by atoms with Crippen LogP contribution in [-0.4, -0.2) is 45.3 Å². The minimum absolute atomic E-state index is 0.214. The van der Waals surface area contributed by atoms with Crippen molar-refractivity contribution in [2.45, 2.75) is 12.1 Å². The molecule has 0 unspecified atom stereocenters. The molecule has 8 nitrogen and oxygen atoms in total. The van der Waals surface area contributed by atoms with Gasteiger partial charge in [-0.25, -0.2) is 20.2 Å². The molecule has 0 spiro atoms. The van der Waals surface area contributed by atoms with Gasteiger partial charge >= 0.3 is 0 Å². The predicted octanol–water partition coefficient (Wildman–Crippen LogP) is -1.02. The Bertz CT molecular complexity index is 302. The van der Waals surface area contributed by atoms with E-state index in [4.69, 9.17) is 0 Å². The van der Waals surface area contributed by atoms with E-state index in [2.05, 4.69) is 0 Å². The Morgan fingerprint density at radius 1 is 0.929 bits per heavy atom. The van der Waals surface area contributed by atoms with Gasteiger partial charge < -0.3 is 0 Å². The van der Waals surface area contributed by atoms with Crippen LogP contribution in [0.25, 0.3) is 0 Å². The second-order valence-corrected chi connectivity index (χ2v) is 4.03. The van der Waals surface area contributed by atoms with E-state index in [-0.39, 0.29) is 12.1 Å². The highest BCUT2D eigenvalue weighted by molar-refractivity contribution is 5.17. The maximum Gasteiger partial charge on any atom is 0.160 e. The van der Waals surface area contributed by atoms with Crippen molar-refractivity contribution in [3.05, 3.63) is 20.2 Å². The molecular weight excluding hydrogens is 192 g/mol. The van der Waals surface area contributed by atoms with Crippen molar-refractivity contribution in [1.29, 1.82) is 0 Å². The summed E-state index contributed by atoms with van der Waals surface area (Å²) >= 11 is 0. The number of hydrogen-bond donors (Lipinski definition) is 0. The average Bonchev–Trinajstić information content (AvgIpc) is 2.03. The lowest BCUT2D eigenvalue weighted by molar-refractivity contribution is -0.741. The fourth-order valence-electron chi connectivity index (χ4n) is 2.90. The summed E-state index contributed by atoms with van der Waals surface area (Å²) < 4.78 is 0. The lowest BCUT2D eigenvalue weighted by atomic mass is 9.55. The van der Waals surface area contributed by atoms with E-state index >= 15 is 0 Å². The molecule has 4 atom stereocenters. The van der Waals surface area contributed by atoms with Crippen LogP contribution in [0.5, 0.6) is 0 Å². The Balaban J connectivity index is 1.72. The van der Waals surface area contributed by atoms with E-state index < -0.39 is 10.1 Å². The average molecular weight is 200 g/mol. The standard InChI is InChI=1S/C6H8N4O4/c11-9(12)7-1-3-4-2-8(10(13)14)6(4)5(3)7/h3-6H,1-2H2/t3-,4-,5-,6-/m1/s1. The minimum atomic E-state index is -0.451. The molecular formula is C6H8N4O4. The van der Waals surface area contributed by atoms with E-state index in [1.807, 2.05) is 0 Å². The van der Waals surface area contributed by atoms with Crippen LogP contribution in [0.4, 0.5) is 0 Å². The van der Waals surface area contributed by atoms with Crippen molar-refractivity contribution in [3.8, 4) is 0 Å². The normalized spacial score (nSPS) is 42.6. The third-order valence-corrected chi connectivity index (χ3v) is 3.68. The van der Waals surface area contributed by atoms with Crippen molar-refractivity contribution < 1.29 is 10.1 Å². The van der Waals surface area contributed by atoms with Gasteiger partial charge in [0, 0.05) is 11.8 Å². The van der Waals surface area contributed by atoms with Gasteiger partial charge in [0.1, 0.15) is 12.1 Å². The zero-order valence-electron chi connectivity index (χ0n) is 7.15. The van der Waals surface area contributed by atoms with Crippen LogP contribution < -0.4 is 0 Å². The topological polar surface area (TPSA) is 92.8 Å². The zero-order valence-corrected chi connectivity index (χ0v) is 7.15. The summed E-state index contributed by atoms with van der Waals surface area (Å²) in [6.07, 6.45) is 0. The fraction of sp³-hybridized carbons (Fsp3) is 1.00. The van der Waals surface area contributed by atoms with Gasteiger partial charge in [0.05, 0.1) is 13.1 Å². The number of hydrazine groups is 2. The van der Waals surface area contributed by atoms with Gasteiger partial charge in [-0.2, -0.15) is 0 Å². The van der Waals surface area contributed by atoms with Crippen molar-refractivity contribution in [1.82, 2.24) is 10.0 Å². The molecule has 2 saturated heterocycles. The second kappa shape index (κ2) is 2.07. The maximum absolute atomic E-state index is 10.5. The van der Waals surface area contributed by atoms with Crippen LogP contribution in [0.15, 0.2) is 0 Å². The molecule has 0 aromatic rings. The van der Waals surface area contributed by atoms with Gasteiger partial charge in [-0.15, -0.1) is 10.0 Å². The molecule has 3 aliphatic rings. The molecule has 3 rings (SSSR count). The molecule has 0 N–H and O–H groups in total. The molecule has 8 heteroatoms. The molecule has 0 bridgehead atoms. The van der Waals surface area contributed by atoms with Gasteiger partial charge in [-0.05, 0) is 0 Å². The molecule has 0 amide bonds. The van der Waals surface area contributed by atoms with E-state index in [0.29, 0.717) is 24.9 Å². The van der Waals surface area contributed by atoms with Gasteiger partial charge in [0.15, 0.2) is 10.1 Å². The van der Waals surface area contributed by atoms with Crippen LogP contribution in [0.3, 0.4) is 0 Å². The molecule has 76 valence electrons. The van der Waals surface area contributed by atoms with Crippen molar-refractivity contribution >= 4 is 0 Å². The van der Waals surface area contributed by atoms with Gasteiger partial charge in [-0.1, -0.05) is 0 Å². The third kappa shape index (κ3) is 0.623. The number of nitro groups is 2. The largest absolute Gasteiger partial charge is 0.235 e. The Morgan fingerprint density at radius 2 is 1.29 bits per heavy atom. The van der Waals surface area contributed by atoms with E-state index in [9.17, 15) is 20.2 Å². The number of rotatable bonds is 2. The van der Waals surface area contributed by atoms with Crippen LogP contribution in [0.1, 0.15) is 0 Å². The van der Waals surface area contributed by atoms with E-state index in [1.54, 1.807) is 0 Å². The Kier molecular flexibility index (Phi) is 1.15. The molecule has 2 heterocycles. The first kappa shape index (κ1) is 7.77. The highest BCUT2D eigenvalue weighted by atomic mass is 16.7. The summed E-state index contributed by atoms with van der Waals surface area (Å²) in [7, 11) is 0. The lowest BCUT2D eigenvalue weighted by Gasteiger charge is -2.65. The number of nitrogens with zero attached hydrogens (tertiary/aromatic N) is 4. The first-order chi connectivity index (χ1) is 6.61. The highest BCUT2D eigenvalue weighted by Crippen LogP contribution is 2.54. The molecule has 14 heavy (non-hydrogen) atoms. The van der Waals surface area contributed by atoms with Crippen LogP contribution in [-0.2, 0) is 0 Å². The summed E-state index contributed by atoms with van der Waals surface area (Å²) in [5.41, 5.74) is 0. The monoisotopic (exact) mass is 200 g/mol. The Morgan fingerprint density at radius 3 is 1.57 bits per heavy atom. The number of fused-ring (bicyclic) bond motifs is 4. The maximum atomic E-state index is 10.5. The number of piperidine rings is 2. The van der Waals surface area contributed by atoms with Gasteiger partial charge in [-0.3, -0.25) is 0 Å². The van der Waals surface area contributed by atoms with E-state index in [1.165, 1.54) is 0 Å². The van der Waals surface area contributed by atoms with Crippen LogP contribution >= 0.6 is 0 Å². The molecule has 1 aliphatic carbocycles.